The molecule has 2 aromatic carbocycles. The van der Waals surface area contributed by atoms with Gasteiger partial charge in [0.25, 0.3) is 15.9 Å². The Balaban J connectivity index is 1.81. The molecule has 2 N–H and O–H groups in total. The van der Waals surface area contributed by atoms with Crippen molar-refractivity contribution in [2.75, 3.05) is 32.5 Å². The molecule has 0 atom stereocenters. The molecule has 1 fully saturated rings. The van der Waals surface area contributed by atoms with Crippen molar-refractivity contribution < 1.29 is 17.9 Å². The molecule has 0 aliphatic heterocycles. The summed E-state index contributed by atoms with van der Waals surface area (Å²) in [6, 6.07) is 10.9. The second-order valence-electron chi connectivity index (χ2n) is 7.96. The van der Waals surface area contributed by atoms with E-state index < -0.39 is 10.0 Å². The number of sulfonamides is 1. The molecule has 1 saturated carbocycles. The summed E-state index contributed by atoms with van der Waals surface area (Å²) in [7, 11) is 1.46. The third-order valence-electron chi connectivity index (χ3n) is 5.90. The number of amides is 1. The molecule has 0 unspecified atom stereocenters. The highest BCUT2D eigenvalue weighted by atomic mass is 35.5. The highest BCUT2D eigenvalue weighted by Gasteiger charge is 2.36. The Morgan fingerprint density at radius 3 is 2.48 bits per heavy atom. The standard InChI is InChI=1S/C22H28ClN3O4S/c1-26(2)22(12-6-7-13-22)15-24-21(27)16-10-11-17(23)20(14-16)31(28,29)25-18-8-4-5-9-19(18)30-3/h4-5,8-11,14,25H,6-7,12-13,15H2,1-3H3,(H,24,27). The molecule has 31 heavy (non-hydrogen) atoms. The molecule has 0 saturated heterocycles. The van der Waals surface area contributed by atoms with Gasteiger partial charge >= 0.3 is 0 Å². The summed E-state index contributed by atoms with van der Waals surface area (Å²) in [4.78, 5) is 14.8. The van der Waals surface area contributed by atoms with Crippen molar-refractivity contribution in [3.63, 3.8) is 0 Å². The van der Waals surface area contributed by atoms with E-state index in [2.05, 4.69) is 14.9 Å². The molecular formula is C22H28ClN3O4S. The predicted molar refractivity (Wildman–Crippen MR) is 122 cm³/mol. The van der Waals surface area contributed by atoms with Crippen LogP contribution in [0.2, 0.25) is 5.02 Å². The van der Waals surface area contributed by atoms with Crippen LogP contribution in [0.25, 0.3) is 0 Å². The summed E-state index contributed by atoms with van der Waals surface area (Å²) in [6.45, 7) is 0.503. The van der Waals surface area contributed by atoms with Crippen molar-refractivity contribution in [2.45, 2.75) is 36.1 Å². The van der Waals surface area contributed by atoms with E-state index in [0.29, 0.717) is 12.3 Å². The van der Waals surface area contributed by atoms with Crippen molar-refractivity contribution in [1.82, 2.24) is 10.2 Å². The molecule has 0 radical (unpaired) electrons. The van der Waals surface area contributed by atoms with Crippen molar-refractivity contribution in [2.24, 2.45) is 0 Å². The van der Waals surface area contributed by atoms with Gasteiger partial charge in [0.05, 0.1) is 17.8 Å². The smallest absolute Gasteiger partial charge is 0.263 e. The Morgan fingerprint density at radius 2 is 1.84 bits per heavy atom. The van der Waals surface area contributed by atoms with E-state index in [1.807, 2.05) is 14.1 Å². The molecule has 1 aliphatic rings. The summed E-state index contributed by atoms with van der Waals surface area (Å²) >= 11 is 6.18. The van der Waals surface area contributed by atoms with Gasteiger partial charge < -0.3 is 15.0 Å². The number of ether oxygens (including phenoxy) is 1. The number of likely N-dealkylation sites (N-methyl/N-ethyl adjacent to an activating group) is 1. The maximum absolute atomic E-state index is 13.0. The fourth-order valence-electron chi connectivity index (χ4n) is 3.94. The number of carbonyl (C=O) groups excluding carboxylic acids is 1. The van der Waals surface area contributed by atoms with Crippen molar-refractivity contribution in [1.29, 1.82) is 0 Å². The number of rotatable bonds is 8. The molecule has 0 aromatic heterocycles. The first-order chi connectivity index (χ1) is 14.7. The van der Waals surface area contributed by atoms with Crippen LogP contribution in [-0.4, -0.2) is 52.5 Å². The van der Waals surface area contributed by atoms with E-state index >= 15 is 0 Å². The zero-order valence-corrected chi connectivity index (χ0v) is 19.5. The molecule has 7 nitrogen and oxygen atoms in total. The largest absolute Gasteiger partial charge is 0.495 e. The lowest BCUT2D eigenvalue weighted by Gasteiger charge is -2.36. The van der Waals surface area contributed by atoms with Gasteiger partial charge in [0.2, 0.25) is 0 Å². The maximum Gasteiger partial charge on any atom is 0.263 e. The van der Waals surface area contributed by atoms with Gasteiger partial charge in [-0.15, -0.1) is 0 Å². The van der Waals surface area contributed by atoms with Gasteiger partial charge in [-0.3, -0.25) is 9.52 Å². The lowest BCUT2D eigenvalue weighted by molar-refractivity contribution is 0.0900. The molecule has 9 heteroatoms. The number of methoxy groups -OCH3 is 1. The third-order valence-corrected chi connectivity index (χ3v) is 7.74. The Kier molecular flexibility index (Phi) is 7.13. The first kappa shape index (κ1) is 23.4. The Hall–Kier alpha value is -2.29. The number of benzene rings is 2. The highest BCUT2D eigenvalue weighted by Crippen LogP contribution is 2.33. The Morgan fingerprint density at radius 1 is 1.16 bits per heavy atom. The number of nitrogens with zero attached hydrogens (tertiary/aromatic N) is 1. The molecule has 3 rings (SSSR count). The molecule has 1 aliphatic carbocycles. The lowest BCUT2D eigenvalue weighted by atomic mass is 9.96. The molecule has 0 spiro atoms. The molecule has 168 valence electrons. The summed E-state index contributed by atoms with van der Waals surface area (Å²) in [6.07, 6.45) is 4.30. The van der Waals surface area contributed by atoms with Crippen molar-refractivity contribution in [3.05, 3.63) is 53.1 Å². The van der Waals surface area contributed by atoms with Gasteiger partial charge in [-0.1, -0.05) is 36.6 Å². The van der Waals surface area contributed by atoms with Crippen LogP contribution in [0.4, 0.5) is 5.69 Å². The number of nitrogens with one attached hydrogen (secondary N) is 2. The van der Waals surface area contributed by atoms with E-state index in [1.165, 1.54) is 25.3 Å². The van der Waals surface area contributed by atoms with E-state index in [1.54, 1.807) is 24.3 Å². The number of carbonyl (C=O) groups is 1. The van der Waals surface area contributed by atoms with E-state index in [9.17, 15) is 13.2 Å². The van der Waals surface area contributed by atoms with Crippen molar-refractivity contribution >= 4 is 33.2 Å². The van der Waals surface area contributed by atoms with Gasteiger partial charge in [-0.05, 0) is 57.3 Å². The molecule has 2 aromatic rings. The lowest BCUT2D eigenvalue weighted by Crippen LogP contribution is -2.50. The zero-order chi connectivity index (χ0) is 22.6. The number of hydrogen-bond acceptors (Lipinski definition) is 5. The first-order valence-corrected chi connectivity index (χ1v) is 12.0. The van der Waals surface area contributed by atoms with Crippen LogP contribution in [0.15, 0.2) is 47.4 Å². The maximum atomic E-state index is 13.0. The minimum Gasteiger partial charge on any atom is -0.495 e. The highest BCUT2D eigenvalue weighted by molar-refractivity contribution is 7.92. The molecule has 0 heterocycles. The quantitative estimate of drug-likeness (QED) is 0.619. The van der Waals surface area contributed by atoms with Crippen LogP contribution in [0.1, 0.15) is 36.0 Å². The van der Waals surface area contributed by atoms with Crippen LogP contribution in [0.3, 0.4) is 0 Å². The van der Waals surface area contributed by atoms with Gasteiger partial charge in [0, 0.05) is 17.6 Å². The zero-order valence-electron chi connectivity index (χ0n) is 17.9. The number of anilines is 1. The minimum atomic E-state index is -4.04. The predicted octanol–water partition coefficient (Wildman–Crippen LogP) is 3.75. The summed E-state index contributed by atoms with van der Waals surface area (Å²) in [5.41, 5.74) is 0.448. The second-order valence-corrected chi connectivity index (χ2v) is 10.0. The SMILES string of the molecule is COc1ccccc1NS(=O)(=O)c1cc(C(=O)NCC2(N(C)C)CCCC2)ccc1Cl. The second kappa shape index (κ2) is 9.46. The van der Waals surface area contributed by atoms with Crippen LogP contribution in [0.5, 0.6) is 5.75 Å². The van der Waals surface area contributed by atoms with Crippen LogP contribution in [-0.2, 0) is 10.0 Å². The van der Waals surface area contributed by atoms with Gasteiger partial charge in [-0.25, -0.2) is 8.42 Å². The third kappa shape index (κ3) is 5.14. The van der Waals surface area contributed by atoms with Gasteiger partial charge in [-0.2, -0.15) is 0 Å². The topological polar surface area (TPSA) is 87.7 Å². The van der Waals surface area contributed by atoms with E-state index in [0.717, 1.165) is 25.7 Å². The van der Waals surface area contributed by atoms with E-state index in [4.69, 9.17) is 16.3 Å². The Bertz CT molecular complexity index is 1050. The first-order valence-electron chi connectivity index (χ1n) is 10.1. The Labute approximate surface area is 188 Å². The average Bonchev–Trinajstić information content (AvgIpc) is 3.23. The van der Waals surface area contributed by atoms with Gasteiger partial charge in [0.1, 0.15) is 10.6 Å². The summed E-state index contributed by atoms with van der Waals surface area (Å²) in [5, 5.41) is 3.00. The summed E-state index contributed by atoms with van der Waals surface area (Å²) < 4.78 is 33.7. The van der Waals surface area contributed by atoms with Gasteiger partial charge in [0.15, 0.2) is 0 Å². The number of hydrogen-bond donors (Lipinski definition) is 2. The normalized spacial score (nSPS) is 15.6. The summed E-state index contributed by atoms with van der Waals surface area (Å²) in [5.74, 6) is 0.0418. The van der Waals surface area contributed by atoms with E-state index in [-0.39, 0.29) is 32.6 Å². The fourth-order valence-corrected chi connectivity index (χ4v) is 5.54. The van der Waals surface area contributed by atoms with Crippen LogP contribution >= 0.6 is 11.6 Å². The van der Waals surface area contributed by atoms with Crippen molar-refractivity contribution in [3.8, 4) is 5.75 Å². The fraction of sp³-hybridized carbons (Fsp3) is 0.409. The minimum absolute atomic E-state index is 0.0273. The molecule has 1 amide bonds. The molecular weight excluding hydrogens is 438 g/mol. The average molecular weight is 466 g/mol. The van der Waals surface area contributed by atoms with Crippen LogP contribution in [0, 0.1) is 0 Å². The number of halogens is 1. The number of para-hydroxylation sites is 2. The molecule has 0 bridgehead atoms. The van der Waals surface area contributed by atoms with Crippen LogP contribution < -0.4 is 14.8 Å². The monoisotopic (exact) mass is 465 g/mol.